The van der Waals surface area contributed by atoms with Crippen molar-refractivity contribution in [2.45, 2.75) is 37.8 Å². The Kier molecular flexibility index (Phi) is 3.65. The molecular formula is C12H14F3NO2. The number of alkyl halides is 3. The lowest BCUT2D eigenvalue weighted by Crippen LogP contribution is -2.27. The highest BCUT2D eigenvalue weighted by atomic mass is 19.4. The van der Waals surface area contributed by atoms with E-state index in [4.69, 9.17) is 0 Å². The molecule has 0 bridgehead atoms. The van der Waals surface area contributed by atoms with E-state index < -0.39 is 12.5 Å². The lowest BCUT2D eigenvalue weighted by Gasteiger charge is -2.18. The molecule has 0 aliphatic heterocycles. The Labute approximate surface area is 103 Å². The van der Waals surface area contributed by atoms with E-state index in [1.807, 2.05) is 0 Å². The number of aliphatic hydroxyl groups is 1. The topological polar surface area (TPSA) is 41.5 Å². The van der Waals surface area contributed by atoms with Gasteiger partial charge in [-0.25, -0.2) is 0 Å². The van der Waals surface area contributed by atoms with E-state index in [9.17, 15) is 18.3 Å². The summed E-state index contributed by atoms with van der Waals surface area (Å²) in [5, 5.41) is 12.7. The number of aliphatic hydroxyl groups excluding tert-OH is 1. The van der Waals surface area contributed by atoms with Crippen molar-refractivity contribution in [3.8, 4) is 5.75 Å². The molecule has 1 aliphatic rings. The molecule has 0 amide bonds. The largest absolute Gasteiger partial charge is 0.573 e. The van der Waals surface area contributed by atoms with Gasteiger partial charge in [0.1, 0.15) is 5.75 Å². The minimum Gasteiger partial charge on any atom is -0.406 e. The van der Waals surface area contributed by atoms with E-state index in [-0.39, 0.29) is 11.8 Å². The van der Waals surface area contributed by atoms with E-state index in [2.05, 4.69) is 10.1 Å². The summed E-state index contributed by atoms with van der Waals surface area (Å²) in [7, 11) is 0. The molecule has 2 atom stereocenters. The number of hydrogen-bond donors (Lipinski definition) is 2. The van der Waals surface area contributed by atoms with Crippen LogP contribution in [0.5, 0.6) is 5.75 Å². The Bertz CT molecular complexity index is 391. The predicted octanol–water partition coefficient (Wildman–Crippen LogP) is 2.91. The van der Waals surface area contributed by atoms with Crippen molar-refractivity contribution < 1.29 is 23.0 Å². The molecule has 3 nitrogen and oxygen atoms in total. The van der Waals surface area contributed by atoms with Gasteiger partial charge in [0.15, 0.2) is 0 Å². The summed E-state index contributed by atoms with van der Waals surface area (Å²) >= 11 is 0. The van der Waals surface area contributed by atoms with Gasteiger partial charge in [-0.3, -0.25) is 0 Å². The third-order valence-corrected chi connectivity index (χ3v) is 2.92. The molecule has 6 heteroatoms. The van der Waals surface area contributed by atoms with Gasteiger partial charge < -0.3 is 15.2 Å². The van der Waals surface area contributed by atoms with Crippen LogP contribution >= 0.6 is 0 Å². The lowest BCUT2D eigenvalue weighted by atomic mass is 10.2. The molecular weight excluding hydrogens is 247 g/mol. The Balaban J connectivity index is 1.95. The average Bonchev–Trinajstić information content (AvgIpc) is 2.65. The molecule has 0 saturated heterocycles. The summed E-state index contributed by atoms with van der Waals surface area (Å²) in [6, 6.07) is 5.48. The van der Waals surface area contributed by atoms with Gasteiger partial charge in [0.2, 0.25) is 0 Å². The number of nitrogens with one attached hydrogen (secondary N) is 1. The first kappa shape index (κ1) is 13.0. The van der Waals surface area contributed by atoms with Crippen molar-refractivity contribution in [1.29, 1.82) is 0 Å². The standard InChI is InChI=1S/C12H14F3NO2/c13-12(14,15)18-9-6-4-8(5-7-9)16-10-2-1-3-11(10)17/h4-7,10-11,16-17H,1-3H2/t10-,11-/m1/s1. The van der Waals surface area contributed by atoms with Crippen LogP contribution in [-0.4, -0.2) is 23.6 Å². The first-order valence-corrected chi connectivity index (χ1v) is 5.74. The van der Waals surface area contributed by atoms with Crippen LogP contribution in [0.2, 0.25) is 0 Å². The van der Waals surface area contributed by atoms with E-state index in [1.165, 1.54) is 24.3 Å². The van der Waals surface area contributed by atoms with Crippen molar-refractivity contribution in [3.05, 3.63) is 24.3 Å². The molecule has 1 fully saturated rings. The zero-order chi connectivity index (χ0) is 13.2. The van der Waals surface area contributed by atoms with Crippen LogP contribution in [0.25, 0.3) is 0 Å². The molecule has 18 heavy (non-hydrogen) atoms. The average molecular weight is 261 g/mol. The molecule has 0 radical (unpaired) electrons. The molecule has 1 aromatic rings. The molecule has 0 unspecified atom stereocenters. The lowest BCUT2D eigenvalue weighted by molar-refractivity contribution is -0.274. The zero-order valence-electron chi connectivity index (χ0n) is 9.57. The Morgan fingerprint density at radius 1 is 1.17 bits per heavy atom. The van der Waals surface area contributed by atoms with Crippen molar-refractivity contribution in [3.63, 3.8) is 0 Å². The number of benzene rings is 1. The van der Waals surface area contributed by atoms with Crippen LogP contribution in [0.1, 0.15) is 19.3 Å². The molecule has 0 aromatic heterocycles. The first-order chi connectivity index (χ1) is 8.44. The number of anilines is 1. The third kappa shape index (κ3) is 3.53. The Morgan fingerprint density at radius 3 is 2.33 bits per heavy atom. The van der Waals surface area contributed by atoms with E-state index >= 15 is 0 Å². The second kappa shape index (κ2) is 5.06. The fourth-order valence-electron chi connectivity index (χ4n) is 2.08. The van der Waals surface area contributed by atoms with Gasteiger partial charge in [-0.2, -0.15) is 0 Å². The number of halogens is 3. The van der Waals surface area contributed by atoms with Crippen molar-refractivity contribution in [1.82, 2.24) is 0 Å². The SMILES string of the molecule is O[C@@H]1CCC[C@H]1Nc1ccc(OC(F)(F)F)cc1. The number of ether oxygens (including phenoxy) is 1. The van der Waals surface area contributed by atoms with Crippen molar-refractivity contribution >= 4 is 5.69 Å². The Hall–Kier alpha value is -1.43. The van der Waals surface area contributed by atoms with E-state index in [0.29, 0.717) is 5.69 Å². The summed E-state index contributed by atoms with van der Waals surface area (Å²) in [6.07, 6.45) is -2.49. The van der Waals surface area contributed by atoms with Gasteiger partial charge in [0, 0.05) is 5.69 Å². The molecule has 2 N–H and O–H groups in total. The maximum atomic E-state index is 11.9. The summed E-state index contributed by atoms with van der Waals surface area (Å²) in [4.78, 5) is 0. The van der Waals surface area contributed by atoms with Crippen molar-refractivity contribution in [2.75, 3.05) is 5.32 Å². The number of rotatable bonds is 3. The van der Waals surface area contributed by atoms with Crippen LogP contribution < -0.4 is 10.1 Å². The molecule has 100 valence electrons. The van der Waals surface area contributed by atoms with Crippen LogP contribution in [-0.2, 0) is 0 Å². The van der Waals surface area contributed by atoms with Crippen LogP contribution in [0, 0.1) is 0 Å². The molecule has 0 heterocycles. The highest BCUT2D eigenvalue weighted by Crippen LogP contribution is 2.26. The smallest absolute Gasteiger partial charge is 0.406 e. The normalized spacial score (nSPS) is 24.0. The van der Waals surface area contributed by atoms with Gasteiger partial charge in [-0.1, -0.05) is 0 Å². The molecule has 1 saturated carbocycles. The maximum absolute atomic E-state index is 11.9. The van der Waals surface area contributed by atoms with Crippen LogP contribution in [0.15, 0.2) is 24.3 Å². The summed E-state index contributed by atoms with van der Waals surface area (Å²) in [5.41, 5.74) is 0.676. The van der Waals surface area contributed by atoms with E-state index in [0.717, 1.165) is 19.3 Å². The molecule has 2 rings (SSSR count). The van der Waals surface area contributed by atoms with Gasteiger partial charge in [-0.15, -0.1) is 13.2 Å². The monoisotopic (exact) mass is 261 g/mol. The second-order valence-corrected chi connectivity index (χ2v) is 4.32. The summed E-state index contributed by atoms with van der Waals surface area (Å²) in [6.45, 7) is 0. The second-order valence-electron chi connectivity index (χ2n) is 4.32. The molecule has 1 aromatic carbocycles. The third-order valence-electron chi connectivity index (χ3n) is 2.92. The minimum absolute atomic E-state index is 0.0283. The fraction of sp³-hybridized carbons (Fsp3) is 0.500. The summed E-state index contributed by atoms with van der Waals surface area (Å²) in [5.74, 6) is -0.250. The van der Waals surface area contributed by atoms with Gasteiger partial charge in [0.05, 0.1) is 12.1 Å². The van der Waals surface area contributed by atoms with Gasteiger partial charge in [0.25, 0.3) is 0 Å². The van der Waals surface area contributed by atoms with Gasteiger partial charge >= 0.3 is 6.36 Å². The quantitative estimate of drug-likeness (QED) is 0.879. The Morgan fingerprint density at radius 2 is 1.83 bits per heavy atom. The van der Waals surface area contributed by atoms with Crippen molar-refractivity contribution in [2.24, 2.45) is 0 Å². The summed E-state index contributed by atoms with van der Waals surface area (Å²) < 4.78 is 39.6. The van der Waals surface area contributed by atoms with Crippen LogP contribution in [0.3, 0.4) is 0 Å². The predicted molar refractivity (Wildman–Crippen MR) is 60.4 cm³/mol. The van der Waals surface area contributed by atoms with Crippen LogP contribution in [0.4, 0.5) is 18.9 Å². The maximum Gasteiger partial charge on any atom is 0.573 e. The number of hydrogen-bond acceptors (Lipinski definition) is 3. The molecule has 0 spiro atoms. The highest BCUT2D eigenvalue weighted by molar-refractivity contribution is 5.47. The zero-order valence-corrected chi connectivity index (χ0v) is 9.57. The fourth-order valence-corrected chi connectivity index (χ4v) is 2.08. The highest BCUT2D eigenvalue weighted by Gasteiger charge is 2.31. The minimum atomic E-state index is -4.67. The first-order valence-electron chi connectivity index (χ1n) is 5.74. The van der Waals surface area contributed by atoms with Gasteiger partial charge in [-0.05, 0) is 43.5 Å². The van der Waals surface area contributed by atoms with E-state index in [1.54, 1.807) is 0 Å². The molecule has 1 aliphatic carbocycles.